The van der Waals surface area contributed by atoms with Gasteiger partial charge in [0.05, 0.1) is 19.1 Å². The second-order valence-electron chi connectivity index (χ2n) is 8.73. The molecule has 1 atom stereocenters. The molecule has 0 saturated carbocycles. The highest BCUT2D eigenvalue weighted by molar-refractivity contribution is 7.92. The van der Waals surface area contributed by atoms with Crippen LogP contribution < -0.4 is 14.4 Å². The van der Waals surface area contributed by atoms with Gasteiger partial charge in [-0.25, -0.2) is 17.2 Å². The minimum absolute atomic E-state index is 0.0346. The molecule has 0 unspecified atom stereocenters. The number of amides is 2. The Morgan fingerprint density at radius 2 is 1.73 bits per heavy atom. The van der Waals surface area contributed by atoms with Gasteiger partial charge in [0.25, 0.3) is 0 Å². The van der Waals surface area contributed by atoms with E-state index in [0.29, 0.717) is 12.3 Å². The van der Waals surface area contributed by atoms with Crippen LogP contribution in [-0.4, -0.2) is 57.6 Å². The third-order valence-electron chi connectivity index (χ3n) is 5.85. The zero-order valence-corrected chi connectivity index (χ0v) is 22.5. The predicted molar refractivity (Wildman–Crippen MR) is 139 cm³/mol. The summed E-state index contributed by atoms with van der Waals surface area (Å²) >= 11 is 0. The van der Waals surface area contributed by atoms with Gasteiger partial charge in [-0.15, -0.1) is 0 Å². The summed E-state index contributed by atoms with van der Waals surface area (Å²) in [6.45, 7) is 4.21. The van der Waals surface area contributed by atoms with Crippen LogP contribution in [0.25, 0.3) is 0 Å². The molecule has 2 rings (SSSR count). The van der Waals surface area contributed by atoms with E-state index in [2.05, 4.69) is 5.32 Å². The summed E-state index contributed by atoms with van der Waals surface area (Å²) in [5, 5.41) is 2.84. The average molecular weight is 540 g/mol. The fourth-order valence-electron chi connectivity index (χ4n) is 3.69. The second kappa shape index (κ2) is 13.9. The highest BCUT2D eigenvalue weighted by Crippen LogP contribution is 2.22. The van der Waals surface area contributed by atoms with Crippen molar-refractivity contribution in [3.8, 4) is 5.75 Å². The second-order valence-corrected chi connectivity index (χ2v) is 10.6. The minimum atomic E-state index is -3.82. The van der Waals surface area contributed by atoms with Gasteiger partial charge in [-0.1, -0.05) is 25.5 Å². The predicted octanol–water partition coefficient (Wildman–Crippen LogP) is 3.85. The number of carbonyl (C=O) groups excluding carboxylic acids is 2. The summed E-state index contributed by atoms with van der Waals surface area (Å²) in [6, 6.07) is 9.18. The lowest BCUT2D eigenvalue weighted by molar-refractivity contribution is -0.140. The Morgan fingerprint density at radius 3 is 2.30 bits per heavy atom. The summed E-state index contributed by atoms with van der Waals surface area (Å²) < 4.78 is 57.8. The van der Waals surface area contributed by atoms with Crippen molar-refractivity contribution in [2.45, 2.75) is 52.1 Å². The van der Waals surface area contributed by atoms with Crippen molar-refractivity contribution in [2.75, 3.05) is 30.8 Å². The van der Waals surface area contributed by atoms with Gasteiger partial charge >= 0.3 is 0 Å². The first-order chi connectivity index (χ1) is 17.5. The van der Waals surface area contributed by atoms with Crippen LogP contribution in [0.3, 0.4) is 0 Å². The highest BCUT2D eigenvalue weighted by atomic mass is 32.2. The maximum absolute atomic E-state index is 13.7. The lowest BCUT2D eigenvalue weighted by atomic mass is 10.1. The third kappa shape index (κ3) is 8.99. The summed E-state index contributed by atoms with van der Waals surface area (Å²) in [6.07, 6.45) is 2.73. The molecule has 2 amide bonds. The summed E-state index contributed by atoms with van der Waals surface area (Å²) in [7, 11) is -2.27. The lowest BCUT2D eigenvalue weighted by Crippen LogP contribution is -2.47. The number of sulfonamides is 1. The van der Waals surface area contributed by atoms with Crippen molar-refractivity contribution >= 4 is 27.5 Å². The van der Waals surface area contributed by atoms with Crippen LogP contribution in [0.15, 0.2) is 42.5 Å². The maximum atomic E-state index is 13.7. The number of hydrogen-bond donors (Lipinski definition) is 1. The quantitative estimate of drug-likeness (QED) is 0.368. The van der Waals surface area contributed by atoms with E-state index >= 15 is 0 Å². The highest BCUT2D eigenvalue weighted by Gasteiger charge is 2.26. The number of carbonyl (C=O) groups is 2. The molecule has 0 fully saturated rings. The standard InChI is InChI=1S/C26H35F2N3O5S/c1-5-6-15-29-26(33)19(2)30(18-20-9-12-22(36-3)13-10-20)25(32)8-7-16-31(37(4,34)35)21-11-14-23(27)24(28)17-21/h9-14,17,19H,5-8,15-16,18H2,1-4H3,(H,29,33)/t19-/m1/s1. The van der Waals surface area contributed by atoms with E-state index in [-0.39, 0.29) is 43.4 Å². The number of nitrogens with zero attached hydrogens (tertiary/aromatic N) is 2. The first kappa shape index (κ1) is 30.0. The molecular weight excluding hydrogens is 504 g/mol. The van der Waals surface area contributed by atoms with Crippen molar-refractivity contribution in [3.63, 3.8) is 0 Å². The number of ether oxygens (including phenoxy) is 1. The van der Waals surface area contributed by atoms with Gasteiger partial charge in [-0.3, -0.25) is 13.9 Å². The Labute approximate surface area is 217 Å². The summed E-state index contributed by atoms with van der Waals surface area (Å²) in [5.74, 6) is -2.23. The molecule has 0 saturated heterocycles. The van der Waals surface area contributed by atoms with E-state index in [1.165, 1.54) is 11.0 Å². The van der Waals surface area contributed by atoms with Gasteiger partial charge in [0, 0.05) is 32.1 Å². The third-order valence-corrected chi connectivity index (χ3v) is 7.05. The number of methoxy groups -OCH3 is 1. The van der Waals surface area contributed by atoms with E-state index < -0.39 is 27.7 Å². The van der Waals surface area contributed by atoms with Crippen LogP contribution in [-0.2, 0) is 26.2 Å². The largest absolute Gasteiger partial charge is 0.497 e. The van der Waals surface area contributed by atoms with Crippen molar-refractivity contribution < 1.29 is 31.5 Å². The summed E-state index contributed by atoms with van der Waals surface area (Å²) in [5.41, 5.74) is 0.759. The first-order valence-corrected chi connectivity index (χ1v) is 14.0. The molecule has 0 aliphatic carbocycles. The number of unbranched alkanes of at least 4 members (excludes halogenated alkanes) is 1. The first-order valence-electron chi connectivity index (χ1n) is 12.1. The van der Waals surface area contributed by atoms with Crippen molar-refractivity contribution in [2.24, 2.45) is 0 Å². The topological polar surface area (TPSA) is 96.0 Å². The molecule has 0 aromatic heterocycles. The van der Waals surface area contributed by atoms with Crippen LogP contribution in [0.1, 0.15) is 45.1 Å². The zero-order valence-electron chi connectivity index (χ0n) is 21.7. The van der Waals surface area contributed by atoms with Gasteiger partial charge in [-0.05, 0) is 49.6 Å². The number of halogens is 2. The van der Waals surface area contributed by atoms with Crippen LogP contribution in [0.4, 0.5) is 14.5 Å². The molecule has 0 bridgehead atoms. The number of benzene rings is 2. The summed E-state index contributed by atoms with van der Waals surface area (Å²) in [4.78, 5) is 27.4. The molecule has 0 aliphatic rings. The number of nitrogens with one attached hydrogen (secondary N) is 1. The number of hydrogen-bond acceptors (Lipinski definition) is 5. The van der Waals surface area contributed by atoms with Crippen molar-refractivity contribution in [1.82, 2.24) is 10.2 Å². The van der Waals surface area contributed by atoms with Gasteiger partial charge in [0.1, 0.15) is 11.8 Å². The molecule has 0 radical (unpaired) electrons. The van der Waals surface area contributed by atoms with Crippen LogP contribution >= 0.6 is 0 Å². The SMILES string of the molecule is CCCCNC(=O)[C@@H](C)N(Cc1ccc(OC)cc1)C(=O)CCCN(c1ccc(F)c(F)c1)S(C)(=O)=O. The van der Waals surface area contributed by atoms with Gasteiger partial charge in [0.15, 0.2) is 11.6 Å². The molecule has 0 aliphatic heterocycles. The maximum Gasteiger partial charge on any atom is 0.242 e. The van der Waals surface area contributed by atoms with Crippen molar-refractivity contribution in [3.05, 3.63) is 59.7 Å². The number of anilines is 1. The molecule has 37 heavy (non-hydrogen) atoms. The monoisotopic (exact) mass is 539 g/mol. The van der Waals surface area contributed by atoms with Crippen LogP contribution in [0.5, 0.6) is 5.75 Å². The lowest BCUT2D eigenvalue weighted by Gasteiger charge is -2.29. The Bertz CT molecular complexity index is 1160. The van der Waals surface area contributed by atoms with Crippen LogP contribution in [0, 0.1) is 11.6 Å². The van der Waals surface area contributed by atoms with E-state index in [0.717, 1.165) is 41.1 Å². The normalized spacial score (nSPS) is 12.1. The Hall–Kier alpha value is -3.21. The average Bonchev–Trinajstić information content (AvgIpc) is 2.86. The molecule has 8 nitrogen and oxygen atoms in total. The molecule has 2 aromatic rings. The van der Waals surface area contributed by atoms with Gasteiger partial charge in [0.2, 0.25) is 21.8 Å². The molecule has 11 heteroatoms. The van der Waals surface area contributed by atoms with E-state index in [1.54, 1.807) is 38.3 Å². The van der Waals surface area contributed by atoms with Crippen molar-refractivity contribution in [1.29, 1.82) is 0 Å². The van der Waals surface area contributed by atoms with E-state index in [4.69, 9.17) is 4.74 Å². The molecular formula is C26H35F2N3O5S. The molecule has 2 aromatic carbocycles. The smallest absolute Gasteiger partial charge is 0.242 e. The Kier molecular flexibility index (Phi) is 11.3. The van der Waals surface area contributed by atoms with Gasteiger partial charge in [-0.2, -0.15) is 0 Å². The molecule has 1 N–H and O–H groups in total. The van der Waals surface area contributed by atoms with E-state index in [9.17, 15) is 26.8 Å². The Morgan fingerprint density at radius 1 is 1.05 bits per heavy atom. The fourth-order valence-corrected chi connectivity index (χ4v) is 4.65. The molecule has 204 valence electrons. The van der Waals surface area contributed by atoms with Crippen LogP contribution in [0.2, 0.25) is 0 Å². The van der Waals surface area contributed by atoms with Gasteiger partial charge < -0.3 is 15.0 Å². The van der Waals surface area contributed by atoms with E-state index in [1.807, 2.05) is 6.92 Å². The minimum Gasteiger partial charge on any atom is -0.497 e. The number of rotatable bonds is 14. The fraction of sp³-hybridized carbons (Fsp3) is 0.462. The Balaban J connectivity index is 2.16. The molecule has 0 spiro atoms. The molecule has 0 heterocycles. The zero-order chi connectivity index (χ0) is 27.6.